The van der Waals surface area contributed by atoms with Crippen LogP contribution in [0.4, 0.5) is 0 Å². The number of nitrogens with one attached hydrogen (secondary N) is 1. The fourth-order valence-corrected chi connectivity index (χ4v) is 2.64. The Bertz CT molecular complexity index is 915. The molecule has 27 heavy (non-hydrogen) atoms. The van der Waals surface area contributed by atoms with Crippen LogP contribution in [0.2, 0.25) is 0 Å². The molecule has 0 fully saturated rings. The van der Waals surface area contributed by atoms with Gasteiger partial charge >= 0.3 is 0 Å². The lowest BCUT2D eigenvalue weighted by molar-refractivity contribution is -0.126. The highest BCUT2D eigenvalue weighted by Crippen LogP contribution is 2.16. The molecule has 0 radical (unpaired) electrons. The van der Waals surface area contributed by atoms with E-state index in [1.54, 1.807) is 13.8 Å². The first-order chi connectivity index (χ1) is 12.8. The van der Waals surface area contributed by atoms with Crippen LogP contribution in [0.3, 0.4) is 0 Å². The Morgan fingerprint density at radius 3 is 2.70 bits per heavy atom. The molecule has 7 nitrogen and oxygen atoms in total. The third-order valence-electron chi connectivity index (χ3n) is 4.19. The van der Waals surface area contributed by atoms with Gasteiger partial charge < -0.3 is 15.8 Å². The van der Waals surface area contributed by atoms with Gasteiger partial charge in [0.2, 0.25) is 5.91 Å². The molecule has 0 spiro atoms. The number of ether oxygens (including phenoxy) is 1. The molecule has 1 amide bonds. The second-order valence-corrected chi connectivity index (χ2v) is 7.24. The Hall–Kier alpha value is -2.77. The van der Waals surface area contributed by atoms with Crippen LogP contribution in [-0.4, -0.2) is 32.7 Å². The van der Waals surface area contributed by atoms with Gasteiger partial charge in [-0.15, -0.1) is 10.2 Å². The van der Waals surface area contributed by atoms with E-state index in [1.807, 2.05) is 60.0 Å². The van der Waals surface area contributed by atoms with Gasteiger partial charge in [0.1, 0.15) is 6.04 Å². The Morgan fingerprint density at radius 2 is 2.00 bits per heavy atom. The first kappa shape index (κ1) is 19.0. The zero-order valence-electron chi connectivity index (χ0n) is 15.8. The Labute approximate surface area is 158 Å². The number of rotatable bonds is 7. The van der Waals surface area contributed by atoms with E-state index < -0.39 is 11.6 Å². The number of carbonyl (C=O) groups is 1. The molecule has 3 rings (SSSR count). The van der Waals surface area contributed by atoms with Crippen LogP contribution < -0.4 is 11.1 Å². The fraction of sp³-hybridized carbons (Fsp3) is 0.350. The van der Waals surface area contributed by atoms with Gasteiger partial charge in [-0.2, -0.15) is 0 Å². The largest absolute Gasteiger partial charge is 0.374 e. The number of aryl methyl sites for hydroxylation is 1. The summed E-state index contributed by atoms with van der Waals surface area (Å²) < 4.78 is 7.71. The van der Waals surface area contributed by atoms with Crippen molar-refractivity contribution < 1.29 is 9.53 Å². The number of hydrogen-bond acceptors (Lipinski definition) is 5. The van der Waals surface area contributed by atoms with E-state index in [2.05, 4.69) is 15.5 Å². The number of aromatic nitrogens is 3. The third-order valence-corrected chi connectivity index (χ3v) is 4.19. The number of benzene rings is 1. The summed E-state index contributed by atoms with van der Waals surface area (Å²) in [6.07, 6.45) is 1.89. The van der Waals surface area contributed by atoms with Crippen LogP contribution in [0.25, 0.3) is 5.65 Å². The van der Waals surface area contributed by atoms with E-state index in [0.29, 0.717) is 12.4 Å². The number of nitrogens with two attached hydrogens (primary N) is 1. The fourth-order valence-electron chi connectivity index (χ4n) is 2.64. The Kier molecular flexibility index (Phi) is 5.53. The van der Waals surface area contributed by atoms with Crippen LogP contribution in [0.1, 0.15) is 36.8 Å². The lowest BCUT2D eigenvalue weighted by Gasteiger charge is -2.23. The van der Waals surface area contributed by atoms with Crippen LogP contribution >= 0.6 is 0 Å². The predicted octanol–water partition coefficient (Wildman–Crippen LogP) is 2.15. The van der Waals surface area contributed by atoms with E-state index in [1.165, 1.54) is 0 Å². The van der Waals surface area contributed by atoms with Crippen molar-refractivity contribution in [3.8, 4) is 0 Å². The van der Waals surface area contributed by atoms with Crippen molar-refractivity contribution in [2.75, 3.05) is 6.61 Å². The third kappa shape index (κ3) is 4.69. The predicted molar refractivity (Wildman–Crippen MR) is 103 cm³/mol. The van der Waals surface area contributed by atoms with E-state index >= 15 is 0 Å². The smallest absolute Gasteiger partial charge is 0.240 e. The number of carbonyl (C=O) groups excluding carboxylic acids is 1. The molecule has 0 aliphatic carbocycles. The molecule has 3 N–H and O–H groups in total. The maximum absolute atomic E-state index is 12.4. The molecule has 0 saturated carbocycles. The van der Waals surface area contributed by atoms with Crippen molar-refractivity contribution in [2.45, 2.75) is 39.0 Å². The Balaban J connectivity index is 1.81. The van der Waals surface area contributed by atoms with Gasteiger partial charge in [0.25, 0.3) is 0 Å². The lowest BCUT2D eigenvalue weighted by atomic mass is 10.1. The van der Waals surface area contributed by atoms with Gasteiger partial charge in [-0.05, 0) is 44.0 Å². The minimum atomic E-state index is -1.01. The minimum Gasteiger partial charge on any atom is -0.374 e. The molecule has 0 unspecified atom stereocenters. The van der Waals surface area contributed by atoms with Crippen LogP contribution in [0.15, 0.2) is 48.7 Å². The van der Waals surface area contributed by atoms with Crippen molar-refractivity contribution in [1.29, 1.82) is 0 Å². The highest BCUT2D eigenvalue weighted by atomic mass is 16.5. The maximum atomic E-state index is 12.4. The zero-order valence-corrected chi connectivity index (χ0v) is 15.8. The normalized spacial score (nSPS) is 12.9. The van der Waals surface area contributed by atoms with E-state index in [9.17, 15) is 4.79 Å². The molecule has 0 bridgehead atoms. The van der Waals surface area contributed by atoms with Gasteiger partial charge in [-0.3, -0.25) is 9.20 Å². The highest BCUT2D eigenvalue weighted by Gasteiger charge is 2.27. The van der Waals surface area contributed by atoms with E-state index in [-0.39, 0.29) is 12.5 Å². The van der Waals surface area contributed by atoms with Gasteiger partial charge in [0.15, 0.2) is 11.5 Å². The summed E-state index contributed by atoms with van der Waals surface area (Å²) in [5.74, 6) is 0.329. The topological polar surface area (TPSA) is 94.5 Å². The second kappa shape index (κ2) is 7.85. The standard InChI is InChI=1S/C20H25N5O2/c1-14-9-10-25-17(11-14)23-24-18(25)16(22-19(26)20(2,3)21)13-27-12-15-7-5-4-6-8-15/h4-11,16H,12-13,21H2,1-3H3,(H,22,26)/t16-/m1/s1. The van der Waals surface area contributed by atoms with Crippen molar-refractivity contribution >= 4 is 11.6 Å². The average molecular weight is 367 g/mol. The molecule has 2 heterocycles. The molecule has 0 aliphatic heterocycles. The minimum absolute atomic E-state index is 0.255. The van der Waals surface area contributed by atoms with Gasteiger partial charge in [-0.25, -0.2) is 0 Å². The zero-order chi connectivity index (χ0) is 19.4. The highest BCUT2D eigenvalue weighted by molar-refractivity contribution is 5.85. The molecular weight excluding hydrogens is 342 g/mol. The summed E-state index contributed by atoms with van der Waals surface area (Å²) in [7, 11) is 0. The quantitative estimate of drug-likeness (QED) is 0.667. The maximum Gasteiger partial charge on any atom is 0.240 e. The number of pyridine rings is 1. The van der Waals surface area contributed by atoms with Gasteiger partial charge in [0.05, 0.1) is 18.8 Å². The molecule has 0 aliphatic rings. The number of fused-ring (bicyclic) bond motifs is 1. The molecule has 3 aromatic rings. The molecule has 0 saturated heterocycles. The number of nitrogens with zero attached hydrogens (tertiary/aromatic N) is 3. The SMILES string of the molecule is Cc1ccn2c([C@@H](COCc3ccccc3)NC(=O)C(C)(C)N)nnc2c1. The van der Waals surface area contributed by atoms with Gasteiger partial charge in [-0.1, -0.05) is 30.3 Å². The summed E-state index contributed by atoms with van der Waals surface area (Å²) in [4.78, 5) is 12.4. The lowest BCUT2D eigenvalue weighted by Crippen LogP contribution is -2.50. The van der Waals surface area contributed by atoms with Crippen molar-refractivity contribution in [3.05, 3.63) is 65.6 Å². The van der Waals surface area contributed by atoms with Crippen molar-refractivity contribution in [2.24, 2.45) is 5.73 Å². The molecule has 142 valence electrons. The molecule has 7 heteroatoms. The summed E-state index contributed by atoms with van der Waals surface area (Å²) in [6, 6.07) is 13.3. The van der Waals surface area contributed by atoms with Crippen molar-refractivity contribution in [1.82, 2.24) is 19.9 Å². The van der Waals surface area contributed by atoms with Crippen molar-refractivity contribution in [3.63, 3.8) is 0 Å². The number of amides is 1. The summed E-state index contributed by atoms with van der Waals surface area (Å²) in [5, 5.41) is 11.4. The first-order valence-corrected chi connectivity index (χ1v) is 8.87. The van der Waals surface area contributed by atoms with Crippen LogP contribution in [0.5, 0.6) is 0 Å². The van der Waals surface area contributed by atoms with Crippen LogP contribution in [-0.2, 0) is 16.1 Å². The molecule has 1 atom stereocenters. The average Bonchev–Trinajstić information content (AvgIpc) is 3.03. The Morgan fingerprint density at radius 1 is 1.26 bits per heavy atom. The summed E-state index contributed by atoms with van der Waals surface area (Å²) in [6.45, 7) is 6.01. The van der Waals surface area contributed by atoms with Gasteiger partial charge in [0, 0.05) is 6.20 Å². The summed E-state index contributed by atoms with van der Waals surface area (Å²) >= 11 is 0. The monoisotopic (exact) mass is 367 g/mol. The molecule has 2 aromatic heterocycles. The van der Waals surface area contributed by atoms with E-state index in [0.717, 1.165) is 16.8 Å². The van der Waals surface area contributed by atoms with Crippen LogP contribution in [0, 0.1) is 6.92 Å². The first-order valence-electron chi connectivity index (χ1n) is 8.87. The second-order valence-electron chi connectivity index (χ2n) is 7.24. The van der Waals surface area contributed by atoms with E-state index in [4.69, 9.17) is 10.5 Å². The summed E-state index contributed by atoms with van der Waals surface area (Å²) in [5.41, 5.74) is 7.80. The number of hydrogen-bond donors (Lipinski definition) is 2. The molecule has 1 aromatic carbocycles. The molecular formula is C20H25N5O2.